The van der Waals surface area contributed by atoms with Gasteiger partial charge in [0.05, 0.1) is 19.2 Å². The molecule has 0 radical (unpaired) electrons. The van der Waals surface area contributed by atoms with E-state index in [0.717, 1.165) is 4.47 Å². The second kappa shape index (κ2) is 7.64. The average Bonchev–Trinajstić information content (AvgIpc) is 2.51. The number of aromatic nitrogens is 1. The molecule has 1 N–H and O–H groups in total. The van der Waals surface area contributed by atoms with Gasteiger partial charge in [-0.3, -0.25) is 9.78 Å². The average molecular weight is 351 g/mol. The lowest BCUT2D eigenvalue weighted by atomic mass is 10.3. The Labute approximate surface area is 131 Å². The Morgan fingerprint density at radius 1 is 1.29 bits per heavy atom. The molecule has 0 aliphatic heterocycles. The molecule has 5 nitrogen and oxygen atoms in total. The monoisotopic (exact) mass is 350 g/mol. The molecule has 1 amide bonds. The van der Waals surface area contributed by atoms with Gasteiger partial charge < -0.3 is 14.8 Å². The smallest absolute Gasteiger partial charge is 0.253 e. The third-order valence-corrected chi connectivity index (χ3v) is 3.11. The number of carbonyl (C=O) groups is 1. The number of halogens is 1. The number of hydrogen-bond donors (Lipinski definition) is 1. The maximum atomic E-state index is 11.9. The first-order chi connectivity index (χ1) is 10.2. The van der Waals surface area contributed by atoms with Crippen LogP contribution in [0.15, 0.2) is 47.2 Å². The van der Waals surface area contributed by atoms with Crippen LogP contribution in [0.5, 0.6) is 11.5 Å². The van der Waals surface area contributed by atoms with Crippen molar-refractivity contribution in [3.05, 3.63) is 52.8 Å². The molecule has 21 heavy (non-hydrogen) atoms. The molecule has 0 bridgehead atoms. The molecule has 0 fully saturated rings. The molecule has 6 heteroatoms. The SMILES string of the molecule is COc1ccccc1OCCNC(=O)c1cncc(Br)c1. The van der Waals surface area contributed by atoms with Crippen molar-refractivity contribution < 1.29 is 14.3 Å². The quantitative estimate of drug-likeness (QED) is 0.813. The van der Waals surface area contributed by atoms with Gasteiger partial charge in [-0.1, -0.05) is 12.1 Å². The molecule has 110 valence electrons. The van der Waals surface area contributed by atoms with Crippen molar-refractivity contribution >= 4 is 21.8 Å². The highest BCUT2D eigenvalue weighted by molar-refractivity contribution is 9.10. The fourth-order valence-corrected chi connectivity index (χ4v) is 2.07. The van der Waals surface area contributed by atoms with Gasteiger partial charge in [-0.25, -0.2) is 0 Å². The summed E-state index contributed by atoms with van der Waals surface area (Å²) < 4.78 is 11.5. The predicted octanol–water partition coefficient (Wildman–Crippen LogP) is 2.66. The number of methoxy groups -OCH3 is 1. The molecule has 0 unspecified atom stereocenters. The summed E-state index contributed by atoms with van der Waals surface area (Å²) in [5.74, 6) is 1.13. The normalized spacial score (nSPS) is 10.0. The fraction of sp³-hybridized carbons (Fsp3) is 0.200. The second-order valence-electron chi connectivity index (χ2n) is 4.15. The van der Waals surface area contributed by atoms with E-state index >= 15 is 0 Å². The Hall–Kier alpha value is -2.08. The summed E-state index contributed by atoms with van der Waals surface area (Å²) in [6, 6.07) is 9.08. The summed E-state index contributed by atoms with van der Waals surface area (Å²) >= 11 is 3.28. The molecular weight excluding hydrogens is 336 g/mol. The first-order valence-electron chi connectivity index (χ1n) is 6.35. The zero-order chi connectivity index (χ0) is 15.1. The van der Waals surface area contributed by atoms with Gasteiger partial charge in [-0.2, -0.15) is 0 Å². The van der Waals surface area contributed by atoms with E-state index < -0.39 is 0 Å². The second-order valence-corrected chi connectivity index (χ2v) is 5.06. The Bertz CT molecular complexity index is 619. The third kappa shape index (κ3) is 4.46. The largest absolute Gasteiger partial charge is 0.493 e. The number of nitrogens with one attached hydrogen (secondary N) is 1. The first-order valence-corrected chi connectivity index (χ1v) is 7.14. The van der Waals surface area contributed by atoms with Crippen LogP contribution in [0.25, 0.3) is 0 Å². The Morgan fingerprint density at radius 3 is 2.76 bits per heavy atom. The Morgan fingerprint density at radius 2 is 2.05 bits per heavy atom. The fourth-order valence-electron chi connectivity index (χ4n) is 1.70. The molecule has 1 aromatic carbocycles. The van der Waals surface area contributed by atoms with E-state index in [9.17, 15) is 4.79 Å². The molecule has 0 aliphatic rings. The van der Waals surface area contributed by atoms with Crippen molar-refractivity contribution in [3.63, 3.8) is 0 Å². The van der Waals surface area contributed by atoms with Crippen molar-refractivity contribution in [2.24, 2.45) is 0 Å². The summed E-state index contributed by atoms with van der Waals surface area (Å²) in [7, 11) is 1.59. The van der Waals surface area contributed by atoms with Gasteiger partial charge in [0.1, 0.15) is 6.61 Å². The van der Waals surface area contributed by atoms with E-state index in [1.807, 2.05) is 24.3 Å². The number of nitrogens with zero attached hydrogens (tertiary/aromatic N) is 1. The number of hydrogen-bond acceptors (Lipinski definition) is 4. The zero-order valence-corrected chi connectivity index (χ0v) is 13.1. The van der Waals surface area contributed by atoms with Crippen molar-refractivity contribution in [1.29, 1.82) is 0 Å². The number of ether oxygens (including phenoxy) is 2. The maximum Gasteiger partial charge on any atom is 0.253 e. The van der Waals surface area contributed by atoms with Gasteiger partial charge in [0.2, 0.25) is 0 Å². The molecule has 2 rings (SSSR count). The highest BCUT2D eigenvalue weighted by Crippen LogP contribution is 2.25. The van der Waals surface area contributed by atoms with Crippen LogP contribution < -0.4 is 14.8 Å². The number of carbonyl (C=O) groups excluding carboxylic acids is 1. The lowest BCUT2D eigenvalue weighted by Gasteiger charge is -2.10. The van der Waals surface area contributed by atoms with Crippen molar-refractivity contribution in [1.82, 2.24) is 10.3 Å². The molecule has 0 aliphatic carbocycles. The van der Waals surface area contributed by atoms with E-state index in [1.165, 1.54) is 6.20 Å². The molecule has 0 spiro atoms. The van der Waals surface area contributed by atoms with Crippen LogP contribution in [-0.2, 0) is 0 Å². The number of benzene rings is 1. The lowest BCUT2D eigenvalue weighted by Crippen LogP contribution is -2.28. The summed E-state index contributed by atoms with van der Waals surface area (Å²) in [6.45, 7) is 0.747. The molecule has 0 atom stereocenters. The summed E-state index contributed by atoms with van der Waals surface area (Å²) in [5, 5.41) is 2.77. The van der Waals surface area contributed by atoms with Crippen molar-refractivity contribution in [3.8, 4) is 11.5 Å². The van der Waals surface area contributed by atoms with Crippen LogP contribution in [-0.4, -0.2) is 31.2 Å². The number of para-hydroxylation sites is 2. The highest BCUT2D eigenvalue weighted by atomic mass is 79.9. The highest BCUT2D eigenvalue weighted by Gasteiger charge is 2.06. The van der Waals surface area contributed by atoms with Gasteiger partial charge in [-0.05, 0) is 34.1 Å². The van der Waals surface area contributed by atoms with Crippen LogP contribution in [0.1, 0.15) is 10.4 Å². The predicted molar refractivity (Wildman–Crippen MR) is 82.8 cm³/mol. The van der Waals surface area contributed by atoms with Gasteiger partial charge in [0, 0.05) is 16.9 Å². The van der Waals surface area contributed by atoms with E-state index in [2.05, 4.69) is 26.2 Å². The molecular formula is C15H15BrN2O3. The number of pyridine rings is 1. The first kappa shape index (κ1) is 15.3. The van der Waals surface area contributed by atoms with Gasteiger partial charge in [0.25, 0.3) is 5.91 Å². The minimum Gasteiger partial charge on any atom is -0.493 e. The van der Waals surface area contributed by atoms with Gasteiger partial charge in [-0.15, -0.1) is 0 Å². The van der Waals surface area contributed by atoms with E-state index in [1.54, 1.807) is 19.4 Å². The Kier molecular flexibility index (Phi) is 5.57. The molecule has 0 saturated carbocycles. The minimum absolute atomic E-state index is 0.188. The molecule has 2 aromatic rings. The van der Waals surface area contributed by atoms with E-state index in [0.29, 0.717) is 30.2 Å². The maximum absolute atomic E-state index is 11.9. The Balaban J connectivity index is 1.81. The zero-order valence-electron chi connectivity index (χ0n) is 11.5. The summed E-state index contributed by atoms with van der Waals surface area (Å²) in [6.07, 6.45) is 3.14. The summed E-state index contributed by atoms with van der Waals surface area (Å²) in [4.78, 5) is 15.8. The molecule has 1 aromatic heterocycles. The van der Waals surface area contributed by atoms with Gasteiger partial charge >= 0.3 is 0 Å². The minimum atomic E-state index is -0.188. The topological polar surface area (TPSA) is 60.5 Å². The number of rotatable bonds is 6. The van der Waals surface area contributed by atoms with E-state index in [4.69, 9.17) is 9.47 Å². The van der Waals surface area contributed by atoms with Crippen LogP contribution in [0.3, 0.4) is 0 Å². The number of amides is 1. The van der Waals surface area contributed by atoms with Crippen molar-refractivity contribution in [2.75, 3.05) is 20.3 Å². The van der Waals surface area contributed by atoms with Gasteiger partial charge in [0.15, 0.2) is 11.5 Å². The van der Waals surface area contributed by atoms with Crippen LogP contribution in [0.4, 0.5) is 0 Å². The van der Waals surface area contributed by atoms with Crippen LogP contribution >= 0.6 is 15.9 Å². The van der Waals surface area contributed by atoms with Crippen LogP contribution in [0.2, 0.25) is 0 Å². The van der Waals surface area contributed by atoms with Crippen molar-refractivity contribution in [2.45, 2.75) is 0 Å². The lowest BCUT2D eigenvalue weighted by molar-refractivity contribution is 0.0946. The third-order valence-electron chi connectivity index (χ3n) is 2.68. The summed E-state index contributed by atoms with van der Waals surface area (Å²) in [5.41, 5.74) is 0.502. The van der Waals surface area contributed by atoms with Crippen LogP contribution in [0, 0.1) is 0 Å². The standard InChI is InChI=1S/C15H15BrN2O3/c1-20-13-4-2-3-5-14(13)21-7-6-18-15(19)11-8-12(16)10-17-9-11/h2-5,8-10H,6-7H2,1H3,(H,18,19). The van der Waals surface area contributed by atoms with E-state index in [-0.39, 0.29) is 5.91 Å². The molecule has 0 saturated heterocycles. The molecule has 1 heterocycles.